The number of amides is 2. The summed E-state index contributed by atoms with van der Waals surface area (Å²) in [5.74, 6) is -0.954. The van der Waals surface area contributed by atoms with Gasteiger partial charge in [-0.15, -0.1) is 0 Å². The van der Waals surface area contributed by atoms with Crippen LogP contribution < -0.4 is 34.1 Å². The maximum Gasteiger partial charge on any atom is 0.357 e. The molecule has 149 heavy (non-hydrogen) atoms. The second kappa shape index (κ2) is 44.5. The number of nitrogens with two attached hydrogens (primary N) is 1. The van der Waals surface area contributed by atoms with E-state index in [1.165, 1.54) is 90.6 Å². The molecule has 788 valence electrons. The van der Waals surface area contributed by atoms with Crippen molar-refractivity contribution in [2.24, 2.45) is 5.14 Å². The maximum absolute atomic E-state index is 13.5. The number of imidazole rings is 3. The highest BCUT2D eigenvalue weighted by Gasteiger charge is 2.41. The Labute approximate surface area is 868 Å². The van der Waals surface area contributed by atoms with Gasteiger partial charge >= 0.3 is 23.9 Å². The van der Waals surface area contributed by atoms with Crippen molar-refractivity contribution in [1.82, 2.24) is 61.4 Å². The summed E-state index contributed by atoms with van der Waals surface area (Å²) in [6.07, 6.45) is 34.2. The number of hydrogen-bond donors (Lipinski definition) is 6. The SMILES string of the molecule is C1COCCN1.CCOC(=O)c1c(C2=Cc3cc(OC)ccc3-c3c(C4CCCCC4)c4ccc(C(=O)NS(=O)(=O)C(C)C)cc4n3C2)ncn1C1CC1.CCOC(=O)c1c(C2=Cc3cc(OC)ccc3-c3c(C4CCCCC4)c4ccc(C(=O)O)cc4n3C2)ncn1C1CC1.CN(C)S(N)(=O)=O.COc1ccc2c(c1)C=C(c1ncn(C3CC3)c1C(=O)O)Cn1c-2c(C2CCCCC2)c2ccc(C(=O)NS(=O)(=O)C(C)C)cc21. The van der Waals surface area contributed by atoms with Gasteiger partial charge in [0.25, 0.3) is 22.0 Å². The lowest BCUT2D eigenvalue weighted by atomic mass is 9.81. The number of rotatable bonds is 25. The fraction of sp³-hybridized carbons (Fsp3) is 0.438. The Morgan fingerprint density at radius 3 is 1.01 bits per heavy atom. The maximum atomic E-state index is 13.5. The van der Waals surface area contributed by atoms with Crippen molar-refractivity contribution in [2.45, 2.75) is 242 Å². The summed E-state index contributed by atoms with van der Waals surface area (Å²) in [5.41, 5.74) is 21.2. The van der Waals surface area contributed by atoms with E-state index >= 15 is 0 Å². The summed E-state index contributed by atoms with van der Waals surface area (Å²) < 4.78 is 121. The highest BCUT2D eigenvalue weighted by Crippen LogP contribution is 2.54. The minimum atomic E-state index is -3.83. The van der Waals surface area contributed by atoms with Crippen LogP contribution in [0.2, 0.25) is 0 Å². The molecule has 0 radical (unpaired) electrons. The zero-order chi connectivity index (χ0) is 105. The molecule has 22 rings (SSSR count). The molecule has 6 saturated carbocycles. The molecular weight excluding hydrogens is 1960 g/mol. The number of carbonyl (C=O) groups excluding carboxylic acids is 4. The fourth-order valence-electron chi connectivity index (χ4n) is 21.8. The first kappa shape index (κ1) is 106. The Kier molecular flexibility index (Phi) is 31.5. The normalized spacial score (nSPS) is 16.9. The number of benzene rings is 6. The smallest absolute Gasteiger partial charge is 0.357 e. The van der Waals surface area contributed by atoms with Gasteiger partial charge in [0.1, 0.15) is 34.3 Å². The lowest BCUT2D eigenvalue weighted by Crippen LogP contribution is -2.35. The Morgan fingerprint density at radius 2 is 0.745 bits per heavy atom. The number of carboxylic acids is 2. The van der Waals surface area contributed by atoms with Crippen molar-refractivity contribution < 1.29 is 92.7 Å². The predicted octanol–water partition coefficient (Wildman–Crippen LogP) is 19.4. The average Bonchev–Trinajstić information content (AvgIpc) is 1.57. The van der Waals surface area contributed by atoms with Crippen LogP contribution in [0.15, 0.2) is 128 Å². The van der Waals surface area contributed by atoms with Gasteiger partial charge in [-0.3, -0.25) is 9.59 Å². The van der Waals surface area contributed by atoms with Gasteiger partial charge < -0.3 is 71.4 Å². The van der Waals surface area contributed by atoms with Gasteiger partial charge in [-0.05, 0) is 279 Å². The number of sulfonamides is 2. The van der Waals surface area contributed by atoms with E-state index in [1.807, 2.05) is 82.8 Å². The molecule has 0 unspecified atom stereocenters. The van der Waals surface area contributed by atoms with E-state index in [2.05, 4.69) is 62.9 Å². The molecular formula is C112H132N14O20S3. The number of aromatic nitrogens is 9. The number of esters is 2. The molecule has 6 aliphatic carbocycles. The Balaban J connectivity index is 0.000000137. The van der Waals surface area contributed by atoms with Crippen LogP contribution >= 0.6 is 0 Å². The highest BCUT2D eigenvalue weighted by atomic mass is 32.2. The van der Waals surface area contributed by atoms with Crippen LogP contribution in [0.25, 0.3) is 101 Å². The third-order valence-electron chi connectivity index (χ3n) is 30.0. The van der Waals surface area contributed by atoms with E-state index in [4.69, 9.17) is 38.4 Å². The quantitative estimate of drug-likeness (QED) is 0.0289. The van der Waals surface area contributed by atoms with Gasteiger partial charge in [0.05, 0.1) is 120 Å². The van der Waals surface area contributed by atoms with Crippen LogP contribution in [0, 0.1) is 0 Å². The van der Waals surface area contributed by atoms with E-state index in [-0.39, 0.29) is 59.7 Å². The number of ether oxygens (including phenoxy) is 6. The number of carbonyl (C=O) groups is 6. The number of aromatic carboxylic acids is 2. The first-order valence-electron chi connectivity index (χ1n) is 51.9. The topological polar surface area (TPSA) is 434 Å². The standard InChI is InChI=1S/C37H42N4O6S.C35H38N4O6S.C34H35N3O5.C4H9NO.C2H8N2O2S/c1-5-47-37(43)35-33(38-21-41(35)27-12-13-27)26-17-25-18-28(46-4)14-16-29(25)34-32(23-9-7-6-8-10-23)30-15-11-24(19-31(30)40(34)20-26)36(42)39-48(44,45)22(2)3;1-20(2)46(43,44)37-34(40)22-9-13-28-29(17-22)38-18-24(31-33(35(41)42)39(19-36-31)25-10-11-25)15-23-16-26(45-3)12-14-27(23)32(38)30(28)21-7-5-4-6-8-21;1-3-42-34(40)32-30(35-19-37(32)24-10-11-24)23-15-22-16-25(41-2)12-14-26(22)31-29(20-7-5-4-6-8-20)27-13-9-21(33(38)39)17-28(27)36(31)18-23;1-3-6-4-2-5-1;1-4(2)7(3,5)6/h11,14-19,21-23,27H,5-10,12-13,20H2,1-4H3,(H,39,42);9,12-17,19-21,25H,4-8,10-11,18H2,1-3H3,(H,37,40)(H,41,42);9,12-17,19-20,24H,3-8,10-11,18H2,1-2H3,(H,38,39);5H,1-4H2;1-2H3,(H2,3,5,6). The number of nitrogens with one attached hydrogen (secondary N) is 3. The molecule has 34 nitrogen and oxygen atoms in total. The Hall–Kier alpha value is -13.3. The van der Waals surface area contributed by atoms with E-state index in [9.17, 15) is 64.2 Å². The van der Waals surface area contributed by atoms with Crippen LogP contribution in [-0.2, 0) is 64.1 Å². The Bertz CT molecular complexity index is 7650. The van der Waals surface area contributed by atoms with Crippen LogP contribution in [0.5, 0.6) is 17.2 Å². The van der Waals surface area contributed by atoms with Gasteiger partial charge in [0.2, 0.25) is 20.0 Å². The second-order valence-electron chi connectivity index (χ2n) is 40.6. The largest absolute Gasteiger partial charge is 0.497 e. The summed E-state index contributed by atoms with van der Waals surface area (Å²) in [7, 11) is -3.39. The van der Waals surface area contributed by atoms with Gasteiger partial charge in [-0.25, -0.2) is 65.5 Å². The molecule has 1 saturated heterocycles. The van der Waals surface area contributed by atoms with Crippen molar-refractivity contribution in [1.29, 1.82) is 0 Å². The van der Waals surface area contributed by atoms with Crippen LogP contribution in [-0.4, -0.2) is 203 Å². The van der Waals surface area contributed by atoms with E-state index in [0.717, 1.165) is 239 Å². The number of morpholine rings is 1. The van der Waals surface area contributed by atoms with Crippen molar-refractivity contribution in [3.63, 3.8) is 0 Å². The van der Waals surface area contributed by atoms with Gasteiger partial charge in [0.15, 0.2) is 17.1 Å². The van der Waals surface area contributed by atoms with Gasteiger partial charge in [-0.2, -0.15) is 12.7 Å². The Morgan fingerprint density at radius 1 is 0.436 bits per heavy atom. The molecule has 0 atom stereocenters. The second-order valence-corrected chi connectivity index (χ2v) is 46.9. The number of nitrogens with zero attached hydrogens (tertiary/aromatic N) is 10. The molecule has 6 aromatic carbocycles. The number of fused-ring (bicyclic) bond motifs is 15. The minimum Gasteiger partial charge on any atom is -0.497 e. The van der Waals surface area contributed by atoms with Crippen LogP contribution in [0.3, 0.4) is 0 Å². The van der Waals surface area contributed by atoms with Gasteiger partial charge in [-0.1, -0.05) is 76.0 Å². The minimum absolute atomic E-state index is 0.134. The van der Waals surface area contributed by atoms with Crippen LogP contribution in [0.1, 0.15) is 325 Å². The lowest BCUT2D eigenvalue weighted by molar-refractivity contribution is 0.0503. The van der Waals surface area contributed by atoms with E-state index in [0.29, 0.717) is 77.4 Å². The predicted molar refractivity (Wildman–Crippen MR) is 574 cm³/mol. The fourth-order valence-corrected chi connectivity index (χ4v) is 23.0. The average molecular weight is 2090 g/mol. The number of hydrogen-bond acceptors (Lipinski definition) is 22. The molecule has 2 amide bonds. The van der Waals surface area contributed by atoms with Crippen molar-refractivity contribution in [2.75, 3.05) is 74.9 Å². The molecule has 0 bridgehead atoms. The molecule has 7 N–H and O–H groups in total. The van der Waals surface area contributed by atoms with Crippen molar-refractivity contribution in [3.8, 4) is 51.0 Å². The highest BCUT2D eigenvalue weighted by molar-refractivity contribution is 7.91. The summed E-state index contributed by atoms with van der Waals surface area (Å²) >= 11 is 0. The number of methoxy groups -OCH3 is 3. The third kappa shape index (κ3) is 22.2. The first-order valence-corrected chi connectivity index (χ1v) is 56.5. The van der Waals surface area contributed by atoms with Crippen molar-refractivity contribution >= 4 is 134 Å². The molecule has 6 aromatic heterocycles. The lowest BCUT2D eigenvalue weighted by Gasteiger charge is -2.24. The first-order chi connectivity index (χ1) is 71.6. The van der Waals surface area contributed by atoms with E-state index < -0.39 is 70.5 Å². The summed E-state index contributed by atoms with van der Waals surface area (Å²) in [6.45, 7) is 15.2. The molecule has 10 heterocycles. The molecule has 7 fully saturated rings. The summed E-state index contributed by atoms with van der Waals surface area (Å²) in [6, 6.07) is 35.2. The van der Waals surface area contributed by atoms with Crippen molar-refractivity contribution in [3.05, 3.63) is 212 Å². The molecule has 10 aliphatic rings. The van der Waals surface area contributed by atoms with Gasteiger partial charge in [0, 0.05) is 123 Å². The molecule has 12 aromatic rings. The molecule has 37 heteroatoms. The zero-order valence-electron chi connectivity index (χ0n) is 86.2. The number of carboxylic acid groups (broad SMARTS) is 2. The zero-order valence-corrected chi connectivity index (χ0v) is 88.7. The molecule has 0 spiro atoms. The van der Waals surface area contributed by atoms with Crippen LogP contribution in [0.4, 0.5) is 0 Å². The van der Waals surface area contributed by atoms with E-state index in [1.54, 1.807) is 88.2 Å². The summed E-state index contributed by atoms with van der Waals surface area (Å²) in [5, 5.41) is 29.6. The number of allylic oxidation sites excluding steroid dienone is 3. The monoisotopic (exact) mass is 2090 g/mol. The molecule has 4 aliphatic heterocycles. The summed E-state index contributed by atoms with van der Waals surface area (Å²) in [4.78, 5) is 92.5. The third-order valence-corrected chi connectivity index (χ3v) is 34.4.